The summed E-state index contributed by atoms with van der Waals surface area (Å²) < 4.78 is 1.83. The lowest BCUT2D eigenvalue weighted by atomic mass is 10.3. The fraction of sp³-hybridized carbons (Fsp3) is 0.214. The molecule has 19 heavy (non-hydrogen) atoms. The molecule has 0 spiro atoms. The van der Waals surface area contributed by atoms with E-state index in [0.717, 1.165) is 28.4 Å². The minimum Gasteiger partial charge on any atom is -0.366 e. The van der Waals surface area contributed by atoms with Gasteiger partial charge in [-0.1, -0.05) is 6.07 Å². The molecule has 0 aliphatic carbocycles. The molecule has 0 aliphatic rings. The summed E-state index contributed by atoms with van der Waals surface area (Å²) in [6, 6.07) is 7.94. The van der Waals surface area contributed by atoms with Crippen LogP contribution in [0.5, 0.6) is 0 Å². The number of nitrogens with zero attached hydrogens (tertiary/aromatic N) is 4. The van der Waals surface area contributed by atoms with Gasteiger partial charge >= 0.3 is 0 Å². The molecule has 3 aromatic rings. The molecular weight excluding hydrogens is 238 g/mol. The smallest absolute Gasteiger partial charge is 0.157 e. The van der Waals surface area contributed by atoms with Crippen LogP contribution < -0.4 is 5.32 Å². The van der Waals surface area contributed by atoms with Gasteiger partial charge in [-0.25, -0.2) is 4.98 Å². The van der Waals surface area contributed by atoms with E-state index >= 15 is 0 Å². The van der Waals surface area contributed by atoms with Crippen molar-refractivity contribution in [1.82, 2.24) is 19.6 Å². The van der Waals surface area contributed by atoms with E-state index in [0.29, 0.717) is 6.54 Å². The first kappa shape index (κ1) is 11.6. The van der Waals surface area contributed by atoms with E-state index in [1.807, 2.05) is 48.8 Å². The molecule has 3 heterocycles. The van der Waals surface area contributed by atoms with Crippen molar-refractivity contribution in [2.75, 3.05) is 5.32 Å². The van der Waals surface area contributed by atoms with E-state index in [1.165, 1.54) is 0 Å². The van der Waals surface area contributed by atoms with Gasteiger partial charge < -0.3 is 5.32 Å². The molecule has 3 aromatic heterocycles. The highest BCUT2D eigenvalue weighted by atomic mass is 15.3. The fourth-order valence-electron chi connectivity index (χ4n) is 2.04. The summed E-state index contributed by atoms with van der Waals surface area (Å²) in [4.78, 5) is 8.57. The third kappa shape index (κ3) is 2.40. The van der Waals surface area contributed by atoms with Gasteiger partial charge in [0.1, 0.15) is 5.82 Å². The quantitative estimate of drug-likeness (QED) is 0.778. The van der Waals surface area contributed by atoms with Gasteiger partial charge in [-0.2, -0.15) is 9.61 Å². The fourth-order valence-corrected chi connectivity index (χ4v) is 2.04. The molecule has 0 aromatic carbocycles. The first-order valence-electron chi connectivity index (χ1n) is 6.19. The lowest BCUT2D eigenvalue weighted by Gasteiger charge is -2.09. The van der Waals surface area contributed by atoms with Crippen LogP contribution >= 0.6 is 0 Å². The molecule has 0 aliphatic heterocycles. The monoisotopic (exact) mass is 253 g/mol. The number of fused-ring (bicyclic) bond motifs is 1. The second kappa shape index (κ2) is 4.68. The lowest BCUT2D eigenvalue weighted by molar-refractivity contribution is 0.899. The summed E-state index contributed by atoms with van der Waals surface area (Å²) in [6.45, 7) is 4.66. The van der Waals surface area contributed by atoms with Gasteiger partial charge in [0.25, 0.3) is 0 Å². The van der Waals surface area contributed by atoms with Crippen molar-refractivity contribution in [2.45, 2.75) is 20.4 Å². The average Bonchev–Trinajstić information content (AvgIpc) is 2.77. The maximum Gasteiger partial charge on any atom is 0.157 e. The second-order valence-electron chi connectivity index (χ2n) is 4.55. The largest absolute Gasteiger partial charge is 0.366 e. The Bertz CT molecular complexity index is 702. The van der Waals surface area contributed by atoms with Crippen LogP contribution in [0, 0.1) is 13.8 Å². The SMILES string of the molecule is Cc1cc(NCc2cccnc2)n2nc(C)cc2n1. The molecule has 1 N–H and O–H groups in total. The molecule has 0 atom stereocenters. The Morgan fingerprint density at radius 1 is 1.21 bits per heavy atom. The van der Waals surface area contributed by atoms with Gasteiger partial charge in [0.15, 0.2) is 5.65 Å². The van der Waals surface area contributed by atoms with Crippen molar-refractivity contribution in [1.29, 1.82) is 0 Å². The molecule has 0 saturated carbocycles. The van der Waals surface area contributed by atoms with Crippen molar-refractivity contribution >= 4 is 11.5 Å². The predicted molar refractivity (Wildman–Crippen MR) is 74.0 cm³/mol. The van der Waals surface area contributed by atoms with Crippen molar-refractivity contribution in [3.05, 3.63) is 53.6 Å². The van der Waals surface area contributed by atoms with E-state index in [4.69, 9.17) is 0 Å². The molecule has 5 heteroatoms. The van der Waals surface area contributed by atoms with Gasteiger partial charge in [0, 0.05) is 36.8 Å². The highest BCUT2D eigenvalue weighted by molar-refractivity contribution is 5.50. The maximum atomic E-state index is 4.46. The number of rotatable bonds is 3. The standard InChI is InChI=1S/C14H15N5/c1-10-6-13(16-9-12-4-3-5-15-8-12)19-14(17-10)7-11(2)18-19/h3-8,16H,9H2,1-2H3. The molecule has 0 radical (unpaired) electrons. The lowest BCUT2D eigenvalue weighted by Crippen LogP contribution is -2.06. The Morgan fingerprint density at radius 2 is 2.11 bits per heavy atom. The Balaban J connectivity index is 1.92. The zero-order chi connectivity index (χ0) is 13.2. The van der Waals surface area contributed by atoms with E-state index in [-0.39, 0.29) is 0 Å². The van der Waals surface area contributed by atoms with Crippen LogP contribution in [0.4, 0.5) is 5.82 Å². The Kier molecular flexibility index (Phi) is 2.87. The minimum atomic E-state index is 0.714. The van der Waals surface area contributed by atoms with Gasteiger partial charge in [-0.15, -0.1) is 0 Å². The minimum absolute atomic E-state index is 0.714. The Labute approximate surface area is 111 Å². The number of anilines is 1. The van der Waals surface area contributed by atoms with Crippen molar-refractivity contribution in [3.8, 4) is 0 Å². The summed E-state index contributed by atoms with van der Waals surface area (Å²) in [6.07, 6.45) is 3.63. The molecular formula is C14H15N5. The summed E-state index contributed by atoms with van der Waals surface area (Å²) in [5.41, 5.74) is 3.93. The van der Waals surface area contributed by atoms with Crippen LogP contribution in [0.2, 0.25) is 0 Å². The molecule has 5 nitrogen and oxygen atoms in total. The molecule has 0 amide bonds. The van der Waals surface area contributed by atoms with Gasteiger partial charge in [0.2, 0.25) is 0 Å². The predicted octanol–water partition coefficient (Wildman–Crippen LogP) is 2.35. The Morgan fingerprint density at radius 3 is 2.89 bits per heavy atom. The van der Waals surface area contributed by atoms with Crippen LogP contribution in [-0.2, 0) is 6.54 Å². The van der Waals surface area contributed by atoms with Crippen LogP contribution in [0.1, 0.15) is 17.0 Å². The molecule has 0 unspecified atom stereocenters. The summed E-state index contributed by atoms with van der Waals surface area (Å²) in [5, 5.41) is 7.82. The van der Waals surface area contributed by atoms with Gasteiger partial charge in [0.05, 0.1) is 5.69 Å². The number of nitrogens with one attached hydrogen (secondary N) is 1. The number of aryl methyl sites for hydroxylation is 2. The molecule has 0 saturated heterocycles. The summed E-state index contributed by atoms with van der Waals surface area (Å²) >= 11 is 0. The van der Waals surface area contributed by atoms with Crippen molar-refractivity contribution in [3.63, 3.8) is 0 Å². The molecule has 3 rings (SSSR count). The van der Waals surface area contributed by atoms with Crippen LogP contribution in [0.3, 0.4) is 0 Å². The molecule has 0 fully saturated rings. The van der Waals surface area contributed by atoms with E-state index in [9.17, 15) is 0 Å². The van der Waals surface area contributed by atoms with Gasteiger partial charge in [-0.3, -0.25) is 4.98 Å². The van der Waals surface area contributed by atoms with Crippen molar-refractivity contribution in [2.24, 2.45) is 0 Å². The normalized spacial score (nSPS) is 10.8. The number of pyridine rings is 1. The van der Waals surface area contributed by atoms with E-state index in [2.05, 4.69) is 20.4 Å². The van der Waals surface area contributed by atoms with Crippen LogP contribution in [0.25, 0.3) is 5.65 Å². The highest BCUT2D eigenvalue weighted by Crippen LogP contribution is 2.14. The zero-order valence-corrected chi connectivity index (χ0v) is 11.0. The Hall–Kier alpha value is -2.43. The van der Waals surface area contributed by atoms with Gasteiger partial charge in [-0.05, 0) is 25.5 Å². The van der Waals surface area contributed by atoms with Crippen LogP contribution in [-0.4, -0.2) is 19.6 Å². The molecule has 0 bridgehead atoms. The zero-order valence-electron chi connectivity index (χ0n) is 11.0. The van der Waals surface area contributed by atoms with E-state index in [1.54, 1.807) is 6.20 Å². The third-order valence-corrected chi connectivity index (χ3v) is 2.87. The summed E-state index contributed by atoms with van der Waals surface area (Å²) in [5.74, 6) is 0.944. The average molecular weight is 253 g/mol. The number of hydrogen-bond acceptors (Lipinski definition) is 4. The topological polar surface area (TPSA) is 55.1 Å². The first-order valence-corrected chi connectivity index (χ1v) is 6.19. The van der Waals surface area contributed by atoms with Crippen molar-refractivity contribution < 1.29 is 0 Å². The second-order valence-corrected chi connectivity index (χ2v) is 4.55. The van der Waals surface area contributed by atoms with Crippen LogP contribution in [0.15, 0.2) is 36.7 Å². The summed E-state index contributed by atoms with van der Waals surface area (Å²) in [7, 11) is 0. The number of aromatic nitrogens is 4. The maximum absolute atomic E-state index is 4.46. The third-order valence-electron chi connectivity index (χ3n) is 2.87. The number of hydrogen-bond donors (Lipinski definition) is 1. The highest BCUT2D eigenvalue weighted by Gasteiger charge is 2.06. The first-order chi connectivity index (χ1) is 9.22. The molecule has 96 valence electrons. The van der Waals surface area contributed by atoms with E-state index < -0.39 is 0 Å².